The summed E-state index contributed by atoms with van der Waals surface area (Å²) in [5.74, 6) is 1.10. The van der Waals surface area contributed by atoms with Crippen molar-refractivity contribution in [3.05, 3.63) is 45.3 Å². The molecule has 0 radical (unpaired) electrons. The number of nitrogen functional groups attached to an aromatic ring is 1. The molecule has 0 fully saturated rings. The number of hydrogen-bond acceptors (Lipinski definition) is 6. The Balaban J connectivity index is 2.50. The van der Waals surface area contributed by atoms with Gasteiger partial charge in [0.1, 0.15) is 11.6 Å². The van der Waals surface area contributed by atoms with Gasteiger partial charge in [-0.2, -0.15) is 4.98 Å². The van der Waals surface area contributed by atoms with Crippen molar-refractivity contribution in [2.75, 3.05) is 5.73 Å². The summed E-state index contributed by atoms with van der Waals surface area (Å²) in [5, 5.41) is 11.0. The van der Waals surface area contributed by atoms with Crippen molar-refractivity contribution >= 4 is 11.5 Å². The molecule has 7 heteroatoms. The van der Waals surface area contributed by atoms with Gasteiger partial charge in [-0.1, -0.05) is 6.07 Å². The summed E-state index contributed by atoms with van der Waals surface area (Å²) in [7, 11) is 0. The molecule has 2 N–H and O–H groups in total. The van der Waals surface area contributed by atoms with Gasteiger partial charge in [-0.05, 0) is 32.4 Å². The van der Waals surface area contributed by atoms with Gasteiger partial charge >= 0.3 is 5.69 Å². The fourth-order valence-corrected chi connectivity index (χ4v) is 1.68. The number of anilines is 1. The standard InChI is InChI=1S/C13H14N4O3/c1-7-4-5-10(17(18)19)11(6-7)20-13-8(2)12(14)15-9(3)16-13/h4-6H,1-3H3,(H2,14,15,16). The van der Waals surface area contributed by atoms with E-state index in [0.29, 0.717) is 17.2 Å². The quantitative estimate of drug-likeness (QED) is 0.681. The molecule has 1 aromatic heterocycles. The van der Waals surface area contributed by atoms with Crippen molar-refractivity contribution in [1.29, 1.82) is 0 Å². The van der Waals surface area contributed by atoms with Gasteiger partial charge in [0, 0.05) is 6.07 Å². The Morgan fingerprint density at radius 2 is 1.95 bits per heavy atom. The number of hydrogen-bond donors (Lipinski definition) is 1. The molecule has 0 saturated carbocycles. The Kier molecular flexibility index (Phi) is 3.51. The predicted molar refractivity (Wildman–Crippen MR) is 73.8 cm³/mol. The normalized spacial score (nSPS) is 10.3. The van der Waals surface area contributed by atoms with Gasteiger partial charge in [-0.15, -0.1) is 0 Å². The highest BCUT2D eigenvalue weighted by molar-refractivity contribution is 5.52. The Morgan fingerprint density at radius 1 is 1.25 bits per heavy atom. The molecule has 0 aliphatic heterocycles. The van der Waals surface area contributed by atoms with Crippen molar-refractivity contribution in [2.24, 2.45) is 0 Å². The zero-order valence-electron chi connectivity index (χ0n) is 11.4. The van der Waals surface area contributed by atoms with Crippen LogP contribution in [-0.4, -0.2) is 14.9 Å². The fraction of sp³-hybridized carbons (Fsp3) is 0.231. The fourth-order valence-electron chi connectivity index (χ4n) is 1.68. The van der Waals surface area contributed by atoms with E-state index in [4.69, 9.17) is 10.5 Å². The molecule has 2 aromatic rings. The van der Waals surface area contributed by atoms with Gasteiger partial charge in [0.2, 0.25) is 11.6 Å². The third kappa shape index (κ3) is 2.66. The van der Waals surface area contributed by atoms with Crippen LogP contribution in [0, 0.1) is 30.9 Å². The molecule has 0 unspecified atom stereocenters. The van der Waals surface area contributed by atoms with Crippen molar-refractivity contribution in [3.8, 4) is 11.6 Å². The van der Waals surface area contributed by atoms with Crippen LogP contribution in [0.3, 0.4) is 0 Å². The number of benzene rings is 1. The molecule has 1 aromatic carbocycles. The minimum Gasteiger partial charge on any atom is -0.431 e. The summed E-state index contributed by atoms with van der Waals surface area (Å²) in [4.78, 5) is 18.6. The van der Waals surface area contributed by atoms with Gasteiger partial charge < -0.3 is 10.5 Å². The summed E-state index contributed by atoms with van der Waals surface area (Å²) in [6.45, 7) is 5.20. The molecule has 2 rings (SSSR count). The van der Waals surface area contributed by atoms with Crippen molar-refractivity contribution < 1.29 is 9.66 Å². The molecule has 20 heavy (non-hydrogen) atoms. The second-order valence-electron chi connectivity index (χ2n) is 4.42. The van der Waals surface area contributed by atoms with E-state index in [1.807, 2.05) is 6.92 Å². The molecule has 1 heterocycles. The average Bonchev–Trinajstić information content (AvgIpc) is 2.35. The zero-order valence-corrected chi connectivity index (χ0v) is 11.4. The van der Waals surface area contributed by atoms with Gasteiger partial charge in [-0.25, -0.2) is 4.98 Å². The van der Waals surface area contributed by atoms with Crippen LogP contribution in [0.1, 0.15) is 17.0 Å². The number of ether oxygens (including phenoxy) is 1. The van der Waals surface area contributed by atoms with E-state index in [0.717, 1.165) is 5.56 Å². The number of nitrogens with zero attached hydrogens (tertiary/aromatic N) is 3. The third-order valence-electron chi connectivity index (χ3n) is 2.77. The summed E-state index contributed by atoms with van der Waals surface area (Å²) in [6, 6.07) is 4.64. The monoisotopic (exact) mass is 274 g/mol. The van der Waals surface area contributed by atoms with E-state index in [1.54, 1.807) is 26.0 Å². The SMILES string of the molecule is Cc1ccc([N+](=O)[O-])c(Oc2nc(C)nc(N)c2C)c1. The summed E-state index contributed by atoms with van der Waals surface area (Å²) in [6.07, 6.45) is 0. The van der Waals surface area contributed by atoms with Gasteiger partial charge in [0.15, 0.2) is 0 Å². The molecular weight excluding hydrogens is 260 g/mol. The maximum atomic E-state index is 11.0. The number of nitrogens with two attached hydrogens (primary N) is 1. The van der Waals surface area contributed by atoms with Crippen LogP contribution in [0.5, 0.6) is 11.6 Å². The summed E-state index contributed by atoms with van der Waals surface area (Å²) >= 11 is 0. The highest BCUT2D eigenvalue weighted by atomic mass is 16.6. The first kappa shape index (κ1) is 13.7. The second kappa shape index (κ2) is 5.12. The first-order valence-electron chi connectivity index (χ1n) is 5.92. The van der Waals surface area contributed by atoms with E-state index < -0.39 is 4.92 Å². The maximum absolute atomic E-state index is 11.0. The lowest BCUT2D eigenvalue weighted by molar-refractivity contribution is -0.385. The van der Waals surface area contributed by atoms with Crippen molar-refractivity contribution in [3.63, 3.8) is 0 Å². The van der Waals surface area contributed by atoms with Gasteiger partial charge in [-0.3, -0.25) is 10.1 Å². The minimum absolute atomic E-state index is 0.121. The zero-order chi connectivity index (χ0) is 14.9. The number of nitro benzene ring substituents is 1. The van der Waals surface area contributed by atoms with Crippen LogP contribution < -0.4 is 10.5 Å². The topological polar surface area (TPSA) is 104 Å². The smallest absolute Gasteiger partial charge is 0.311 e. The van der Waals surface area contributed by atoms with Gasteiger partial charge in [0.25, 0.3) is 0 Å². The highest BCUT2D eigenvalue weighted by Gasteiger charge is 2.18. The van der Waals surface area contributed by atoms with Crippen LogP contribution in [-0.2, 0) is 0 Å². The number of rotatable bonds is 3. The maximum Gasteiger partial charge on any atom is 0.311 e. The molecule has 0 spiro atoms. The Hall–Kier alpha value is -2.70. The molecule has 104 valence electrons. The van der Waals surface area contributed by atoms with Crippen LogP contribution in [0.2, 0.25) is 0 Å². The Labute approximate surface area is 115 Å². The molecule has 0 bridgehead atoms. The molecule has 7 nitrogen and oxygen atoms in total. The lowest BCUT2D eigenvalue weighted by Crippen LogP contribution is -2.03. The second-order valence-corrected chi connectivity index (χ2v) is 4.42. The minimum atomic E-state index is -0.499. The number of aryl methyl sites for hydroxylation is 2. The van der Waals surface area contributed by atoms with E-state index in [-0.39, 0.29) is 17.3 Å². The van der Waals surface area contributed by atoms with Crippen molar-refractivity contribution in [1.82, 2.24) is 9.97 Å². The average molecular weight is 274 g/mol. The molecule has 0 atom stereocenters. The van der Waals surface area contributed by atoms with E-state index in [9.17, 15) is 10.1 Å². The van der Waals surface area contributed by atoms with Crippen LogP contribution in [0.25, 0.3) is 0 Å². The number of nitro groups is 1. The largest absolute Gasteiger partial charge is 0.431 e. The van der Waals surface area contributed by atoms with Crippen LogP contribution in [0.15, 0.2) is 18.2 Å². The first-order chi connectivity index (χ1) is 9.38. The summed E-state index contributed by atoms with van der Waals surface area (Å²) < 4.78 is 5.57. The molecule has 0 amide bonds. The number of aromatic nitrogens is 2. The van der Waals surface area contributed by atoms with E-state index >= 15 is 0 Å². The Bertz CT molecular complexity index is 686. The predicted octanol–water partition coefficient (Wildman–Crippen LogP) is 2.68. The van der Waals surface area contributed by atoms with Crippen LogP contribution >= 0.6 is 0 Å². The summed E-state index contributed by atoms with van der Waals surface area (Å²) in [5.41, 5.74) is 7.01. The highest BCUT2D eigenvalue weighted by Crippen LogP contribution is 2.33. The lowest BCUT2D eigenvalue weighted by atomic mass is 10.2. The Morgan fingerprint density at radius 3 is 2.60 bits per heavy atom. The molecule has 0 aliphatic rings. The van der Waals surface area contributed by atoms with E-state index in [2.05, 4.69) is 9.97 Å². The lowest BCUT2D eigenvalue weighted by Gasteiger charge is -2.10. The van der Waals surface area contributed by atoms with Crippen LogP contribution in [0.4, 0.5) is 11.5 Å². The van der Waals surface area contributed by atoms with E-state index in [1.165, 1.54) is 6.07 Å². The van der Waals surface area contributed by atoms with Crippen molar-refractivity contribution in [2.45, 2.75) is 20.8 Å². The molecule has 0 aliphatic carbocycles. The first-order valence-corrected chi connectivity index (χ1v) is 5.92. The van der Waals surface area contributed by atoms with Gasteiger partial charge in [0.05, 0.1) is 10.5 Å². The molecule has 0 saturated heterocycles. The third-order valence-corrected chi connectivity index (χ3v) is 2.77. The molecular formula is C13H14N4O3.